The number of carbonyl (C=O) groups excluding carboxylic acids is 1. The molecule has 1 amide bonds. The number of aromatic nitrogens is 2. The standard InChI is InChI=1S/C14H16N4O/c1-7-8(2)17-18(9(7)3)10-4-5-11-12(6-10)16-14(19)13(11)15/h4-6,13H,15H2,1-3H3,(H,16,19). The lowest BCUT2D eigenvalue weighted by atomic mass is 10.1. The lowest BCUT2D eigenvalue weighted by Gasteiger charge is -2.07. The third-order valence-corrected chi connectivity index (χ3v) is 3.81. The molecule has 5 nitrogen and oxygen atoms in total. The van der Waals surface area contributed by atoms with E-state index in [9.17, 15) is 4.79 Å². The van der Waals surface area contributed by atoms with E-state index in [0.29, 0.717) is 0 Å². The molecule has 0 fully saturated rings. The molecule has 2 heterocycles. The average molecular weight is 256 g/mol. The molecule has 1 aliphatic rings. The lowest BCUT2D eigenvalue weighted by molar-refractivity contribution is -0.116. The first-order valence-corrected chi connectivity index (χ1v) is 6.22. The Kier molecular flexibility index (Phi) is 2.46. The molecule has 98 valence electrons. The van der Waals surface area contributed by atoms with Crippen molar-refractivity contribution in [3.8, 4) is 5.69 Å². The van der Waals surface area contributed by atoms with E-state index in [2.05, 4.69) is 17.3 Å². The van der Waals surface area contributed by atoms with Crippen LogP contribution in [0.1, 0.15) is 28.6 Å². The monoisotopic (exact) mass is 256 g/mol. The Morgan fingerprint density at radius 3 is 2.68 bits per heavy atom. The highest BCUT2D eigenvalue weighted by Crippen LogP contribution is 2.31. The van der Waals surface area contributed by atoms with Crippen LogP contribution in [-0.2, 0) is 4.79 Å². The zero-order chi connectivity index (χ0) is 13.7. The van der Waals surface area contributed by atoms with Gasteiger partial charge in [-0.3, -0.25) is 4.79 Å². The number of nitrogens with two attached hydrogens (primary N) is 1. The van der Waals surface area contributed by atoms with Crippen molar-refractivity contribution in [2.45, 2.75) is 26.8 Å². The molecule has 1 aliphatic heterocycles. The van der Waals surface area contributed by atoms with E-state index in [4.69, 9.17) is 5.73 Å². The fourth-order valence-corrected chi connectivity index (χ4v) is 2.38. The van der Waals surface area contributed by atoms with E-state index in [-0.39, 0.29) is 5.91 Å². The molecular weight excluding hydrogens is 240 g/mol. The first-order chi connectivity index (χ1) is 8.99. The van der Waals surface area contributed by atoms with Crippen molar-refractivity contribution in [3.63, 3.8) is 0 Å². The molecule has 0 spiro atoms. The summed E-state index contributed by atoms with van der Waals surface area (Å²) in [5.74, 6) is -0.156. The maximum Gasteiger partial charge on any atom is 0.245 e. The normalized spacial score (nSPS) is 17.5. The predicted octanol–water partition coefficient (Wildman–Crippen LogP) is 1.75. The van der Waals surface area contributed by atoms with Gasteiger partial charge in [-0.25, -0.2) is 4.68 Å². The fraction of sp³-hybridized carbons (Fsp3) is 0.286. The maximum absolute atomic E-state index is 11.5. The Hall–Kier alpha value is -2.14. The number of aryl methyl sites for hydroxylation is 1. The van der Waals surface area contributed by atoms with Gasteiger partial charge in [0.05, 0.1) is 11.4 Å². The van der Waals surface area contributed by atoms with Gasteiger partial charge in [-0.2, -0.15) is 5.10 Å². The van der Waals surface area contributed by atoms with Crippen LogP contribution in [0.15, 0.2) is 18.2 Å². The van der Waals surface area contributed by atoms with Crippen molar-refractivity contribution in [2.75, 3.05) is 5.32 Å². The fourth-order valence-electron chi connectivity index (χ4n) is 2.38. The number of hydrogen-bond acceptors (Lipinski definition) is 3. The minimum absolute atomic E-state index is 0.156. The van der Waals surface area contributed by atoms with Gasteiger partial charge in [0.15, 0.2) is 0 Å². The quantitative estimate of drug-likeness (QED) is 0.816. The second-order valence-corrected chi connectivity index (χ2v) is 4.95. The molecule has 5 heteroatoms. The van der Waals surface area contributed by atoms with Gasteiger partial charge in [0, 0.05) is 16.9 Å². The Morgan fingerprint density at radius 2 is 2.05 bits per heavy atom. The number of nitrogens with one attached hydrogen (secondary N) is 1. The highest BCUT2D eigenvalue weighted by molar-refractivity contribution is 6.02. The first-order valence-electron chi connectivity index (χ1n) is 6.22. The largest absolute Gasteiger partial charge is 0.324 e. The van der Waals surface area contributed by atoms with Gasteiger partial charge in [0.25, 0.3) is 0 Å². The van der Waals surface area contributed by atoms with Gasteiger partial charge in [-0.1, -0.05) is 6.07 Å². The summed E-state index contributed by atoms with van der Waals surface area (Å²) in [7, 11) is 0. The minimum atomic E-state index is -0.564. The molecule has 0 saturated heterocycles. The van der Waals surface area contributed by atoms with Crippen LogP contribution in [0.5, 0.6) is 0 Å². The van der Waals surface area contributed by atoms with Gasteiger partial charge in [-0.15, -0.1) is 0 Å². The number of benzene rings is 1. The van der Waals surface area contributed by atoms with E-state index < -0.39 is 6.04 Å². The molecule has 1 atom stereocenters. The van der Waals surface area contributed by atoms with Gasteiger partial charge in [-0.05, 0) is 38.5 Å². The number of carbonyl (C=O) groups is 1. The van der Waals surface area contributed by atoms with E-state index in [0.717, 1.165) is 28.3 Å². The number of anilines is 1. The first kappa shape index (κ1) is 11.9. The molecule has 3 rings (SSSR count). The Morgan fingerprint density at radius 1 is 1.32 bits per heavy atom. The van der Waals surface area contributed by atoms with Crippen LogP contribution in [0.4, 0.5) is 5.69 Å². The summed E-state index contributed by atoms with van der Waals surface area (Å²) in [6.45, 7) is 6.08. The van der Waals surface area contributed by atoms with Crippen molar-refractivity contribution in [2.24, 2.45) is 5.73 Å². The average Bonchev–Trinajstić information content (AvgIpc) is 2.81. The number of amides is 1. The van der Waals surface area contributed by atoms with Crippen LogP contribution in [0.2, 0.25) is 0 Å². The van der Waals surface area contributed by atoms with E-state index in [1.807, 2.05) is 36.7 Å². The molecule has 0 radical (unpaired) electrons. The lowest BCUT2D eigenvalue weighted by Crippen LogP contribution is -2.19. The molecule has 19 heavy (non-hydrogen) atoms. The molecule has 0 aliphatic carbocycles. The van der Waals surface area contributed by atoms with Gasteiger partial charge >= 0.3 is 0 Å². The van der Waals surface area contributed by atoms with Crippen molar-refractivity contribution in [1.82, 2.24) is 9.78 Å². The van der Waals surface area contributed by atoms with Crippen LogP contribution in [-0.4, -0.2) is 15.7 Å². The van der Waals surface area contributed by atoms with Crippen LogP contribution in [0, 0.1) is 20.8 Å². The van der Waals surface area contributed by atoms with Crippen LogP contribution >= 0.6 is 0 Å². The summed E-state index contributed by atoms with van der Waals surface area (Å²) in [6.07, 6.45) is 0. The summed E-state index contributed by atoms with van der Waals surface area (Å²) in [4.78, 5) is 11.5. The summed E-state index contributed by atoms with van der Waals surface area (Å²) >= 11 is 0. The number of rotatable bonds is 1. The van der Waals surface area contributed by atoms with Crippen molar-refractivity contribution >= 4 is 11.6 Å². The van der Waals surface area contributed by atoms with E-state index >= 15 is 0 Å². The van der Waals surface area contributed by atoms with Crippen molar-refractivity contribution in [3.05, 3.63) is 40.7 Å². The Bertz CT molecular complexity index is 687. The SMILES string of the molecule is Cc1nn(-c2ccc3c(c2)NC(=O)C3N)c(C)c1C. The summed E-state index contributed by atoms with van der Waals surface area (Å²) in [6, 6.07) is 5.18. The minimum Gasteiger partial charge on any atom is -0.324 e. The van der Waals surface area contributed by atoms with Crippen LogP contribution < -0.4 is 11.1 Å². The molecule has 0 saturated carbocycles. The Labute approximate surface area is 111 Å². The van der Waals surface area contributed by atoms with E-state index in [1.54, 1.807) is 0 Å². The van der Waals surface area contributed by atoms with Crippen LogP contribution in [0.3, 0.4) is 0 Å². The molecule has 0 bridgehead atoms. The zero-order valence-corrected chi connectivity index (χ0v) is 11.2. The van der Waals surface area contributed by atoms with E-state index in [1.165, 1.54) is 5.56 Å². The van der Waals surface area contributed by atoms with Gasteiger partial charge in [0.1, 0.15) is 6.04 Å². The molecule has 2 aromatic rings. The molecule has 3 N–H and O–H groups in total. The Balaban J connectivity index is 2.11. The second-order valence-electron chi connectivity index (χ2n) is 4.95. The maximum atomic E-state index is 11.5. The number of nitrogens with zero attached hydrogens (tertiary/aromatic N) is 2. The summed E-state index contributed by atoms with van der Waals surface area (Å²) < 4.78 is 1.89. The topological polar surface area (TPSA) is 72.9 Å². The van der Waals surface area contributed by atoms with Gasteiger partial charge in [0.2, 0.25) is 5.91 Å². The smallest absolute Gasteiger partial charge is 0.245 e. The van der Waals surface area contributed by atoms with Crippen LogP contribution in [0.25, 0.3) is 5.69 Å². The highest BCUT2D eigenvalue weighted by atomic mass is 16.2. The third kappa shape index (κ3) is 1.66. The number of fused-ring (bicyclic) bond motifs is 1. The summed E-state index contributed by atoms with van der Waals surface area (Å²) in [5.41, 5.74) is 11.6. The highest BCUT2D eigenvalue weighted by Gasteiger charge is 2.27. The molecule has 1 aromatic heterocycles. The second kappa shape index (κ2) is 3.93. The number of hydrogen-bond donors (Lipinski definition) is 2. The van der Waals surface area contributed by atoms with Crippen molar-refractivity contribution in [1.29, 1.82) is 0 Å². The molecular formula is C14H16N4O. The molecule has 1 aromatic carbocycles. The third-order valence-electron chi connectivity index (χ3n) is 3.81. The van der Waals surface area contributed by atoms with Gasteiger partial charge < -0.3 is 11.1 Å². The predicted molar refractivity (Wildman–Crippen MR) is 73.3 cm³/mol. The molecule has 1 unspecified atom stereocenters. The zero-order valence-electron chi connectivity index (χ0n) is 11.2. The van der Waals surface area contributed by atoms with Crippen molar-refractivity contribution < 1.29 is 4.79 Å². The summed E-state index contributed by atoms with van der Waals surface area (Å²) in [5, 5.41) is 7.31.